The fraction of sp³-hybridized carbons (Fsp3) is 0.682. The van der Waals surface area contributed by atoms with Crippen molar-refractivity contribution in [2.75, 3.05) is 37.6 Å². The van der Waals surface area contributed by atoms with Crippen LogP contribution in [0.15, 0.2) is 18.2 Å². The molecular formula is C22H34FN3O. The molecule has 1 saturated carbocycles. The number of carbonyl (C=O) groups excluding carboxylic acids is 1. The molecule has 0 aromatic heterocycles. The zero-order valence-electron chi connectivity index (χ0n) is 16.8. The first-order valence-corrected chi connectivity index (χ1v) is 10.6. The highest BCUT2D eigenvalue weighted by atomic mass is 19.1. The van der Waals surface area contributed by atoms with E-state index in [-0.39, 0.29) is 17.8 Å². The van der Waals surface area contributed by atoms with Gasteiger partial charge >= 0.3 is 0 Å². The molecule has 1 saturated heterocycles. The van der Waals surface area contributed by atoms with Crippen molar-refractivity contribution >= 4 is 11.6 Å². The van der Waals surface area contributed by atoms with Crippen LogP contribution in [0, 0.1) is 11.7 Å². The third-order valence-electron chi connectivity index (χ3n) is 6.25. The molecular weight excluding hydrogens is 341 g/mol. The quantitative estimate of drug-likeness (QED) is 0.779. The standard InChI is InChI=1S/C22H34FN3O/c1-3-25-12-14-26(15-13-25)21-10-9-19(23)16-20(21)17(2)24-22(27)11-8-18-6-4-5-7-18/h9-10,16-18H,3-8,11-15H2,1-2H3,(H,24,27). The first kappa shape index (κ1) is 20.1. The molecule has 2 fully saturated rings. The Hall–Kier alpha value is -1.62. The van der Waals surface area contributed by atoms with E-state index in [1.54, 1.807) is 6.07 Å². The molecule has 1 heterocycles. The number of rotatable bonds is 7. The van der Waals surface area contributed by atoms with E-state index in [2.05, 4.69) is 22.0 Å². The molecule has 1 aliphatic carbocycles. The van der Waals surface area contributed by atoms with E-state index in [9.17, 15) is 9.18 Å². The van der Waals surface area contributed by atoms with Gasteiger partial charge in [0.25, 0.3) is 0 Å². The number of nitrogens with one attached hydrogen (secondary N) is 1. The molecule has 1 aromatic rings. The lowest BCUT2D eigenvalue weighted by Crippen LogP contribution is -2.46. The van der Waals surface area contributed by atoms with Crippen LogP contribution in [0.4, 0.5) is 10.1 Å². The number of hydrogen-bond acceptors (Lipinski definition) is 3. The number of amides is 1. The van der Waals surface area contributed by atoms with Crippen LogP contribution in [0.25, 0.3) is 0 Å². The Labute approximate surface area is 163 Å². The van der Waals surface area contributed by atoms with E-state index in [0.717, 1.165) is 50.4 Å². The molecule has 1 amide bonds. The van der Waals surface area contributed by atoms with Crippen LogP contribution in [0.5, 0.6) is 0 Å². The average Bonchev–Trinajstić information content (AvgIpc) is 3.20. The minimum absolute atomic E-state index is 0.0837. The van der Waals surface area contributed by atoms with Gasteiger partial charge in [0.2, 0.25) is 5.91 Å². The van der Waals surface area contributed by atoms with Crippen molar-refractivity contribution in [3.8, 4) is 0 Å². The monoisotopic (exact) mass is 375 g/mol. The molecule has 1 atom stereocenters. The van der Waals surface area contributed by atoms with Gasteiger partial charge in [-0.15, -0.1) is 0 Å². The van der Waals surface area contributed by atoms with Gasteiger partial charge < -0.3 is 15.1 Å². The summed E-state index contributed by atoms with van der Waals surface area (Å²) in [7, 11) is 0. The first-order valence-electron chi connectivity index (χ1n) is 10.6. The first-order chi connectivity index (χ1) is 13.1. The van der Waals surface area contributed by atoms with E-state index in [1.165, 1.54) is 31.7 Å². The number of piperazine rings is 1. The lowest BCUT2D eigenvalue weighted by molar-refractivity contribution is -0.122. The van der Waals surface area contributed by atoms with Gasteiger partial charge in [0, 0.05) is 43.9 Å². The van der Waals surface area contributed by atoms with Crippen molar-refractivity contribution in [2.24, 2.45) is 5.92 Å². The molecule has 150 valence electrons. The second-order valence-electron chi connectivity index (χ2n) is 8.10. The van der Waals surface area contributed by atoms with Crippen LogP contribution >= 0.6 is 0 Å². The van der Waals surface area contributed by atoms with Crippen LogP contribution in [0.2, 0.25) is 0 Å². The number of nitrogens with zero attached hydrogens (tertiary/aromatic N) is 2. The van der Waals surface area contributed by atoms with Crippen molar-refractivity contribution in [2.45, 2.75) is 58.4 Å². The molecule has 0 spiro atoms. The summed E-state index contributed by atoms with van der Waals surface area (Å²) < 4.78 is 13.9. The maximum Gasteiger partial charge on any atom is 0.220 e. The molecule has 1 N–H and O–H groups in total. The summed E-state index contributed by atoms with van der Waals surface area (Å²) in [5, 5.41) is 3.10. The molecule has 1 unspecified atom stereocenters. The summed E-state index contributed by atoms with van der Waals surface area (Å²) in [6.07, 6.45) is 6.70. The topological polar surface area (TPSA) is 35.6 Å². The van der Waals surface area contributed by atoms with Crippen molar-refractivity contribution in [3.05, 3.63) is 29.6 Å². The highest BCUT2D eigenvalue weighted by Gasteiger charge is 2.22. The molecule has 27 heavy (non-hydrogen) atoms. The fourth-order valence-corrected chi connectivity index (χ4v) is 4.49. The van der Waals surface area contributed by atoms with Crippen LogP contribution < -0.4 is 10.2 Å². The molecule has 4 nitrogen and oxygen atoms in total. The van der Waals surface area contributed by atoms with Gasteiger partial charge in [-0.1, -0.05) is 32.6 Å². The highest BCUT2D eigenvalue weighted by Crippen LogP contribution is 2.30. The van der Waals surface area contributed by atoms with Crippen LogP contribution in [-0.2, 0) is 4.79 Å². The maximum absolute atomic E-state index is 13.9. The number of anilines is 1. The molecule has 1 aromatic carbocycles. The third-order valence-corrected chi connectivity index (χ3v) is 6.25. The van der Waals surface area contributed by atoms with E-state index >= 15 is 0 Å². The zero-order chi connectivity index (χ0) is 19.2. The molecule has 0 radical (unpaired) electrons. The lowest BCUT2D eigenvalue weighted by Gasteiger charge is -2.37. The SMILES string of the molecule is CCN1CCN(c2ccc(F)cc2C(C)NC(=O)CCC2CCCC2)CC1. The third kappa shape index (κ3) is 5.44. The van der Waals surface area contributed by atoms with Gasteiger partial charge in [0.1, 0.15) is 5.82 Å². The zero-order valence-corrected chi connectivity index (χ0v) is 16.8. The average molecular weight is 376 g/mol. The number of hydrogen-bond donors (Lipinski definition) is 1. The Morgan fingerprint density at radius 2 is 1.93 bits per heavy atom. The van der Waals surface area contributed by atoms with Gasteiger partial charge in [-0.25, -0.2) is 4.39 Å². The summed E-state index contributed by atoms with van der Waals surface area (Å²) in [4.78, 5) is 17.2. The molecule has 1 aliphatic heterocycles. The Morgan fingerprint density at radius 3 is 2.59 bits per heavy atom. The van der Waals surface area contributed by atoms with Gasteiger partial charge in [0.15, 0.2) is 0 Å². The predicted octanol–water partition coefficient (Wildman–Crippen LogP) is 4.12. The minimum atomic E-state index is -0.243. The van der Waals surface area contributed by atoms with E-state index < -0.39 is 0 Å². The Kier molecular flexibility index (Phi) is 7.11. The van der Waals surface area contributed by atoms with Crippen molar-refractivity contribution in [1.29, 1.82) is 0 Å². The van der Waals surface area contributed by atoms with E-state index in [0.29, 0.717) is 12.3 Å². The number of likely N-dealkylation sites (N-methyl/N-ethyl adjacent to an activating group) is 1. The van der Waals surface area contributed by atoms with Crippen molar-refractivity contribution in [3.63, 3.8) is 0 Å². The van der Waals surface area contributed by atoms with E-state index in [4.69, 9.17) is 0 Å². The summed E-state index contributed by atoms with van der Waals surface area (Å²) in [6, 6.07) is 4.80. The smallest absolute Gasteiger partial charge is 0.220 e. The summed E-state index contributed by atoms with van der Waals surface area (Å²) in [5.41, 5.74) is 1.94. The van der Waals surface area contributed by atoms with Crippen LogP contribution in [-0.4, -0.2) is 43.5 Å². The van der Waals surface area contributed by atoms with Gasteiger partial charge in [-0.3, -0.25) is 4.79 Å². The van der Waals surface area contributed by atoms with Crippen LogP contribution in [0.1, 0.15) is 64.0 Å². The van der Waals surface area contributed by atoms with Crippen molar-refractivity contribution < 1.29 is 9.18 Å². The maximum atomic E-state index is 13.9. The highest BCUT2D eigenvalue weighted by molar-refractivity contribution is 5.76. The fourth-order valence-electron chi connectivity index (χ4n) is 4.49. The lowest BCUT2D eigenvalue weighted by atomic mass is 10.0. The van der Waals surface area contributed by atoms with Crippen molar-refractivity contribution in [1.82, 2.24) is 10.2 Å². The molecule has 0 bridgehead atoms. The Morgan fingerprint density at radius 1 is 1.22 bits per heavy atom. The van der Waals surface area contributed by atoms with Crippen LogP contribution in [0.3, 0.4) is 0 Å². The predicted molar refractivity (Wildman–Crippen MR) is 108 cm³/mol. The number of benzene rings is 1. The Bertz CT molecular complexity index is 622. The Balaban J connectivity index is 1.62. The minimum Gasteiger partial charge on any atom is -0.369 e. The normalized spacial score (nSPS) is 20.0. The molecule has 2 aliphatic rings. The summed E-state index contributed by atoms with van der Waals surface area (Å²) >= 11 is 0. The summed E-state index contributed by atoms with van der Waals surface area (Å²) in [6.45, 7) is 9.14. The second-order valence-corrected chi connectivity index (χ2v) is 8.10. The summed E-state index contributed by atoms with van der Waals surface area (Å²) in [5.74, 6) is 0.555. The van der Waals surface area contributed by atoms with E-state index in [1.807, 2.05) is 13.0 Å². The van der Waals surface area contributed by atoms with Gasteiger partial charge in [0.05, 0.1) is 6.04 Å². The largest absolute Gasteiger partial charge is 0.369 e. The van der Waals surface area contributed by atoms with Gasteiger partial charge in [-0.2, -0.15) is 0 Å². The second kappa shape index (κ2) is 9.54. The number of halogens is 1. The molecule has 5 heteroatoms. The molecule has 3 rings (SSSR count). The van der Waals surface area contributed by atoms with Gasteiger partial charge in [-0.05, 0) is 44.0 Å². The number of carbonyl (C=O) groups is 1.